The Kier molecular flexibility index (Phi) is 3.93. The van der Waals surface area contributed by atoms with Gasteiger partial charge in [-0.3, -0.25) is 0 Å². The van der Waals surface area contributed by atoms with Crippen molar-refractivity contribution in [1.82, 2.24) is 4.90 Å². The number of benzene rings is 1. The first kappa shape index (κ1) is 13.3. The average molecular weight is 250 g/mol. The van der Waals surface area contributed by atoms with Gasteiger partial charge in [-0.1, -0.05) is 6.07 Å². The molecule has 0 radical (unpaired) electrons. The number of carbonyl (C=O) groups is 1. The molecule has 1 N–H and O–H groups in total. The minimum absolute atomic E-state index is 0.101. The lowest BCUT2D eigenvalue weighted by Crippen LogP contribution is -2.38. The Hall–Kier alpha value is -1.79. The van der Waals surface area contributed by atoms with E-state index in [0.717, 1.165) is 19.2 Å². The number of halogens is 4. The Morgan fingerprint density at radius 2 is 2.06 bits per heavy atom. The van der Waals surface area contributed by atoms with E-state index < -0.39 is 24.6 Å². The molecular formula is C10H10F4N2O. The smallest absolute Gasteiger partial charge is 0.318 e. The van der Waals surface area contributed by atoms with Crippen molar-refractivity contribution in [3.8, 4) is 0 Å². The first-order valence-corrected chi connectivity index (χ1v) is 4.62. The van der Waals surface area contributed by atoms with Crippen molar-refractivity contribution < 1.29 is 22.4 Å². The van der Waals surface area contributed by atoms with Gasteiger partial charge in [-0.2, -0.15) is 13.2 Å². The zero-order chi connectivity index (χ0) is 13.1. The van der Waals surface area contributed by atoms with Crippen LogP contribution in [0, 0.1) is 5.82 Å². The molecule has 0 unspecified atom stereocenters. The number of carbonyl (C=O) groups excluding carboxylic acids is 1. The molecule has 17 heavy (non-hydrogen) atoms. The zero-order valence-electron chi connectivity index (χ0n) is 8.88. The number of rotatable bonds is 2. The van der Waals surface area contributed by atoms with Crippen molar-refractivity contribution in [3.05, 3.63) is 30.1 Å². The topological polar surface area (TPSA) is 32.3 Å². The third kappa shape index (κ3) is 4.71. The van der Waals surface area contributed by atoms with Crippen LogP contribution in [0.2, 0.25) is 0 Å². The molecule has 7 heteroatoms. The number of amides is 2. The number of urea groups is 1. The monoisotopic (exact) mass is 250 g/mol. The maximum Gasteiger partial charge on any atom is 0.406 e. The molecular weight excluding hydrogens is 240 g/mol. The van der Waals surface area contributed by atoms with Crippen molar-refractivity contribution in [2.24, 2.45) is 0 Å². The summed E-state index contributed by atoms with van der Waals surface area (Å²) in [6, 6.07) is 3.94. The Labute approximate surface area is 95.0 Å². The van der Waals surface area contributed by atoms with Crippen LogP contribution in [-0.2, 0) is 0 Å². The molecule has 0 aliphatic rings. The van der Waals surface area contributed by atoms with Gasteiger partial charge in [-0.05, 0) is 18.2 Å². The normalized spacial score (nSPS) is 11.1. The quantitative estimate of drug-likeness (QED) is 0.804. The van der Waals surface area contributed by atoms with Crippen molar-refractivity contribution in [2.45, 2.75) is 6.18 Å². The van der Waals surface area contributed by atoms with E-state index in [-0.39, 0.29) is 5.69 Å². The van der Waals surface area contributed by atoms with Crippen LogP contribution in [0.15, 0.2) is 24.3 Å². The zero-order valence-corrected chi connectivity index (χ0v) is 8.88. The number of nitrogens with one attached hydrogen (secondary N) is 1. The molecule has 0 saturated carbocycles. The minimum atomic E-state index is -4.46. The number of nitrogens with zero attached hydrogens (tertiary/aromatic N) is 1. The Balaban J connectivity index is 2.60. The van der Waals surface area contributed by atoms with Gasteiger partial charge in [0.15, 0.2) is 0 Å². The summed E-state index contributed by atoms with van der Waals surface area (Å²) in [7, 11) is 1.00. The van der Waals surface area contributed by atoms with Gasteiger partial charge in [-0.25, -0.2) is 9.18 Å². The molecule has 3 nitrogen and oxygen atoms in total. The fourth-order valence-corrected chi connectivity index (χ4v) is 1.13. The molecule has 1 rings (SSSR count). The van der Waals surface area contributed by atoms with Crippen molar-refractivity contribution in [2.75, 3.05) is 18.9 Å². The van der Waals surface area contributed by atoms with Crippen molar-refractivity contribution in [3.63, 3.8) is 0 Å². The summed E-state index contributed by atoms with van der Waals surface area (Å²) in [4.78, 5) is 11.8. The van der Waals surface area contributed by atoms with Gasteiger partial charge < -0.3 is 10.2 Å². The standard InChI is InChI=1S/C10H10F4N2O/c1-16(6-10(12,13)14)9(17)15-8-4-2-3-7(11)5-8/h2-5H,6H2,1H3,(H,15,17). The predicted molar refractivity (Wildman–Crippen MR) is 54.1 cm³/mol. The third-order valence-electron chi connectivity index (χ3n) is 1.84. The minimum Gasteiger partial charge on any atom is -0.318 e. The average Bonchev–Trinajstić information content (AvgIpc) is 2.14. The fourth-order valence-electron chi connectivity index (χ4n) is 1.13. The molecule has 0 fully saturated rings. The van der Waals surface area contributed by atoms with Gasteiger partial charge in [0.05, 0.1) is 0 Å². The molecule has 0 aromatic heterocycles. The summed E-state index contributed by atoms with van der Waals surface area (Å²) in [5, 5.41) is 2.15. The summed E-state index contributed by atoms with van der Waals surface area (Å²) in [6.45, 7) is -1.37. The maximum atomic E-state index is 12.7. The van der Waals surface area contributed by atoms with Crippen LogP contribution in [-0.4, -0.2) is 30.7 Å². The summed E-state index contributed by atoms with van der Waals surface area (Å²) in [5.74, 6) is -0.582. The highest BCUT2D eigenvalue weighted by molar-refractivity contribution is 5.89. The maximum absolute atomic E-state index is 12.7. The summed E-state index contributed by atoms with van der Waals surface area (Å²) >= 11 is 0. The molecule has 1 aromatic rings. The van der Waals surface area contributed by atoms with Gasteiger partial charge in [-0.15, -0.1) is 0 Å². The first-order valence-electron chi connectivity index (χ1n) is 4.62. The molecule has 0 bridgehead atoms. The van der Waals surface area contributed by atoms with Crippen molar-refractivity contribution >= 4 is 11.7 Å². The molecule has 1 aromatic carbocycles. The van der Waals surface area contributed by atoms with Gasteiger partial charge in [0, 0.05) is 12.7 Å². The second kappa shape index (κ2) is 5.03. The number of hydrogen-bond donors (Lipinski definition) is 1. The Morgan fingerprint density at radius 3 is 2.59 bits per heavy atom. The molecule has 0 aliphatic heterocycles. The van der Waals surface area contributed by atoms with Gasteiger partial charge in [0.2, 0.25) is 0 Å². The van der Waals surface area contributed by atoms with Crippen LogP contribution in [0.3, 0.4) is 0 Å². The molecule has 94 valence electrons. The highest BCUT2D eigenvalue weighted by Crippen LogP contribution is 2.16. The van der Waals surface area contributed by atoms with E-state index >= 15 is 0 Å². The van der Waals surface area contributed by atoms with E-state index in [0.29, 0.717) is 4.90 Å². The van der Waals surface area contributed by atoms with E-state index in [1.54, 1.807) is 0 Å². The SMILES string of the molecule is CN(CC(F)(F)F)C(=O)Nc1cccc(F)c1. The van der Waals surface area contributed by atoms with Gasteiger partial charge in [0.25, 0.3) is 0 Å². The highest BCUT2D eigenvalue weighted by atomic mass is 19.4. The molecule has 0 spiro atoms. The summed E-state index contributed by atoms with van der Waals surface area (Å²) in [6.07, 6.45) is -4.46. The molecule has 0 aliphatic carbocycles. The van der Waals surface area contributed by atoms with Crippen LogP contribution in [0.25, 0.3) is 0 Å². The molecule has 0 heterocycles. The highest BCUT2D eigenvalue weighted by Gasteiger charge is 2.31. The number of hydrogen-bond acceptors (Lipinski definition) is 1. The molecule has 0 atom stereocenters. The lowest BCUT2D eigenvalue weighted by molar-refractivity contribution is -0.137. The fraction of sp³-hybridized carbons (Fsp3) is 0.300. The van der Waals surface area contributed by atoms with E-state index in [4.69, 9.17) is 0 Å². The van der Waals surface area contributed by atoms with E-state index in [9.17, 15) is 22.4 Å². The number of anilines is 1. The van der Waals surface area contributed by atoms with Crippen LogP contribution < -0.4 is 5.32 Å². The lowest BCUT2D eigenvalue weighted by Gasteiger charge is -2.19. The second-order valence-corrected chi connectivity index (χ2v) is 3.41. The van der Waals surface area contributed by atoms with Crippen molar-refractivity contribution in [1.29, 1.82) is 0 Å². The molecule has 0 saturated heterocycles. The third-order valence-corrected chi connectivity index (χ3v) is 1.84. The van der Waals surface area contributed by atoms with Crippen LogP contribution in [0.4, 0.5) is 28.0 Å². The Bertz CT molecular complexity index is 406. The van der Waals surface area contributed by atoms with Crippen LogP contribution in [0.5, 0.6) is 0 Å². The van der Waals surface area contributed by atoms with Crippen LogP contribution >= 0.6 is 0 Å². The first-order chi connectivity index (χ1) is 7.78. The summed E-state index contributed by atoms with van der Waals surface area (Å²) in [5.41, 5.74) is 0.101. The van der Waals surface area contributed by atoms with E-state index in [1.165, 1.54) is 12.1 Å². The number of alkyl halides is 3. The van der Waals surface area contributed by atoms with E-state index in [1.807, 2.05) is 0 Å². The largest absolute Gasteiger partial charge is 0.406 e. The Morgan fingerprint density at radius 1 is 1.41 bits per heavy atom. The van der Waals surface area contributed by atoms with Gasteiger partial charge in [0.1, 0.15) is 12.4 Å². The predicted octanol–water partition coefficient (Wildman–Crippen LogP) is 2.85. The lowest BCUT2D eigenvalue weighted by atomic mass is 10.3. The molecule has 2 amide bonds. The van der Waals surface area contributed by atoms with Gasteiger partial charge >= 0.3 is 12.2 Å². The summed E-state index contributed by atoms with van der Waals surface area (Å²) < 4.78 is 48.7. The second-order valence-electron chi connectivity index (χ2n) is 3.41. The van der Waals surface area contributed by atoms with E-state index in [2.05, 4.69) is 5.32 Å². The van der Waals surface area contributed by atoms with Crippen LogP contribution in [0.1, 0.15) is 0 Å².